The lowest BCUT2D eigenvalue weighted by Gasteiger charge is -2.13. The largest absolute Gasteiger partial charge is 0.294 e. The van der Waals surface area contributed by atoms with Gasteiger partial charge in [-0.1, -0.05) is 35.7 Å². The van der Waals surface area contributed by atoms with Crippen LogP contribution in [0.5, 0.6) is 0 Å². The molecule has 0 atom stereocenters. The highest BCUT2D eigenvalue weighted by molar-refractivity contribution is 6.31. The van der Waals surface area contributed by atoms with Crippen LogP contribution in [0, 0.1) is 5.82 Å². The maximum Gasteiger partial charge on any atom is 0.160 e. The first-order valence-corrected chi connectivity index (χ1v) is 6.70. The minimum Gasteiger partial charge on any atom is -0.294 e. The summed E-state index contributed by atoms with van der Waals surface area (Å²) in [5.41, 5.74) is 1.79. The van der Waals surface area contributed by atoms with Crippen LogP contribution in [0.25, 0.3) is 0 Å². The van der Waals surface area contributed by atoms with Crippen molar-refractivity contribution in [3.8, 4) is 0 Å². The highest BCUT2D eigenvalue weighted by Gasteiger charge is 2.11. The van der Waals surface area contributed by atoms with Crippen LogP contribution in [-0.4, -0.2) is 5.78 Å². The zero-order valence-corrected chi connectivity index (χ0v) is 11.0. The molecule has 0 N–H and O–H groups in total. The van der Waals surface area contributed by atoms with E-state index in [0.29, 0.717) is 5.56 Å². The number of hydrogen-bond acceptors (Lipinski definition) is 1. The van der Waals surface area contributed by atoms with Gasteiger partial charge in [-0.25, -0.2) is 4.39 Å². The molecule has 0 bridgehead atoms. The highest BCUT2D eigenvalue weighted by Crippen LogP contribution is 2.24. The molecule has 1 nitrogen and oxygen atoms in total. The van der Waals surface area contributed by atoms with Crippen LogP contribution in [0.3, 0.4) is 0 Å². The molecule has 0 radical (unpaired) electrons. The Morgan fingerprint density at radius 3 is 2.72 bits per heavy atom. The fraction of sp³-hybridized carbons (Fsp3) is 0.400. The molecule has 0 spiro atoms. The van der Waals surface area contributed by atoms with Crippen molar-refractivity contribution in [2.24, 2.45) is 0 Å². The molecule has 96 valence electrons. The average Bonchev–Trinajstić information content (AvgIpc) is 2.36. The number of allylic oxidation sites excluding steroid dienone is 2. The summed E-state index contributed by atoms with van der Waals surface area (Å²) in [4.78, 5) is 11.9. The summed E-state index contributed by atoms with van der Waals surface area (Å²) in [6.45, 7) is 0. The van der Waals surface area contributed by atoms with Gasteiger partial charge in [-0.3, -0.25) is 4.79 Å². The Morgan fingerprint density at radius 1 is 1.28 bits per heavy atom. The number of ketones is 1. The minimum absolute atomic E-state index is 0.0133. The van der Waals surface area contributed by atoms with Crippen molar-refractivity contribution in [3.63, 3.8) is 0 Å². The second-order valence-corrected chi connectivity index (χ2v) is 5.10. The molecule has 1 fully saturated rings. The van der Waals surface area contributed by atoms with E-state index >= 15 is 0 Å². The smallest absolute Gasteiger partial charge is 0.160 e. The quantitative estimate of drug-likeness (QED) is 0.737. The lowest BCUT2D eigenvalue weighted by atomic mass is 9.93. The normalized spacial score (nSPS) is 15.6. The van der Waals surface area contributed by atoms with E-state index in [-0.39, 0.29) is 17.2 Å². The first-order valence-electron chi connectivity index (χ1n) is 6.32. The number of carbonyl (C=O) groups is 1. The third kappa shape index (κ3) is 3.42. The molecule has 0 aliphatic heterocycles. The first kappa shape index (κ1) is 13.3. The molecule has 1 aromatic carbocycles. The van der Waals surface area contributed by atoms with E-state index in [2.05, 4.69) is 0 Å². The van der Waals surface area contributed by atoms with Gasteiger partial charge in [-0.2, -0.15) is 0 Å². The SMILES string of the molecule is O=C(C=C1CCCCC1)Cc1cccc(F)c1Cl. The summed E-state index contributed by atoms with van der Waals surface area (Å²) >= 11 is 5.83. The topological polar surface area (TPSA) is 17.1 Å². The van der Waals surface area contributed by atoms with Gasteiger partial charge in [-0.05, 0) is 43.4 Å². The van der Waals surface area contributed by atoms with Crippen LogP contribution in [0.4, 0.5) is 4.39 Å². The summed E-state index contributed by atoms with van der Waals surface area (Å²) in [7, 11) is 0. The third-order valence-corrected chi connectivity index (χ3v) is 3.68. The Balaban J connectivity index is 2.04. The number of halogens is 2. The maximum absolute atomic E-state index is 13.2. The van der Waals surface area contributed by atoms with Gasteiger partial charge in [0, 0.05) is 6.42 Å². The predicted molar refractivity (Wildman–Crippen MR) is 71.3 cm³/mol. The molecule has 3 heteroatoms. The lowest BCUT2D eigenvalue weighted by Crippen LogP contribution is -2.03. The highest BCUT2D eigenvalue weighted by atomic mass is 35.5. The Hall–Kier alpha value is -1.15. The van der Waals surface area contributed by atoms with Gasteiger partial charge in [0.2, 0.25) is 0 Å². The molecule has 0 amide bonds. The van der Waals surface area contributed by atoms with Crippen molar-refractivity contribution >= 4 is 17.4 Å². The Labute approximate surface area is 112 Å². The van der Waals surface area contributed by atoms with E-state index in [4.69, 9.17) is 11.6 Å². The van der Waals surface area contributed by atoms with E-state index in [1.54, 1.807) is 18.2 Å². The van der Waals surface area contributed by atoms with E-state index in [1.165, 1.54) is 30.9 Å². The predicted octanol–water partition coefficient (Wildman–Crippen LogP) is 4.48. The Kier molecular flexibility index (Phi) is 4.54. The Morgan fingerprint density at radius 2 is 2.00 bits per heavy atom. The zero-order valence-electron chi connectivity index (χ0n) is 10.2. The monoisotopic (exact) mass is 266 g/mol. The number of rotatable bonds is 3. The lowest BCUT2D eigenvalue weighted by molar-refractivity contribution is -0.114. The molecule has 0 heterocycles. The maximum atomic E-state index is 13.2. The Bertz CT molecular complexity index is 471. The molecule has 0 aromatic heterocycles. The summed E-state index contributed by atoms with van der Waals surface area (Å²) in [6, 6.07) is 4.58. The van der Waals surface area contributed by atoms with Crippen LogP contribution in [-0.2, 0) is 11.2 Å². The van der Waals surface area contributed by atoms with E-state index in [1.807, 2.05) is 0 Å². The van der Waals surface area contributed by atoms with Gasteiger partial charge in [-0.15, -0.1) is 0 Å². The molecule has 1 aliphatic rings. The van der Waals surface area contributed by atoms with Crippen molar-refractivity contribution in [2.75, 3.05) is 0 Å². The van der Waals surface area contributed by atoms with Gasteiger partial charge in [0.1, 0.15) is 5.82 Å². The van der Waals surface area contributed by atoms with Gasteiger partial charge >= 0.3 is 0 Å². The first-order chi connectivity index (χ1) is 8.66. The van der Waals surface area contributed by atoms with Crippen LogP contribution in [0.2, 0.25) is 5.02 Å². The summed E-state index contributed by atoms with van der Waals surface area (Å²) in [6.07, 6.45) is 7.52. The number of benzene rings is 1. The summed E-state index contributed by atoms with van der Waals surface area (Å²) < 4.78 is 13.2. The summed E-state index contributed by atoms with van der Waals surface area (Å²) in [5.74, 6) is -0.452. The van der Waals surface area contributed by atoms with Crippen molar-refractivity contribution in [1.82, 2.24) is 0 Å². The van der Waals surface area contributed by atoms with Crippen molar-refractivity contribution in [3.05, 3.63) is 46.3 Å². The van der Waals surface area contributed by atoms with E-state index in [9.17, 15) is 9.18 Å². The van der Waals surface area contributed by atoms with Crippen LogP contribution < -0.4 is 0 Å². The second kappa shape index (κ2) is 6.14. The van der Waals surface area contributed by atoms with Gasteiger partial charge in [0.15, 0.2) is 5.78 Å². The third-order valence-electron chi connectivity index (χ3n) is 3.26. The molecule has 18 heavy (non-hydrogen) atoms. The van der Waals surface area contributed by atoms with E-state index in [0.717, 1.165) is 12.8 Å². The molecule has 0 saturated heterocycles. The second-order valence-electron chi connectivity index (χ2n) is 4.72. The van der Waals surface area contributed by atoms with Crippen LogP contribution in [0.15, 0.2) is 29.8 Å². The molecule has 2 rings (SSSR count). The van der Waals surface area contributed by atoms with Crippen molar-refractivity contribution in [1.29, 1.82) is 0 Å². The van der Waals surface area contributed by atoms with Crippen molar-refractivity contribution in [2.45, 2.75) is 38.5 Å². The number of hydrogen-bond donors (Lipinski definition) is 0. The average molecular weight is 267 g/mol. The van der Waals surface area contributed by atoms with Gasteiger partial charge < -0.3 is 0 Å². The molecular weight excluding hydrogens is 251 g/mol. The van der Waals surface area contributed by atoms with Gasteiger partial charge in [0.25, 0.3) is 0 Å². The van der Waals surface area contributed by atoms with Crippen LogP contribution in [0.1, 0.15) is 37.7 Å². The van der Waals surface area contributed by atoms with Crippen molar-refractivity contribution < 1.29 is 9.18 Å². The van der Waals surface area contributed by atoms with Gasteiger partial charge in [0.05, 0.1) is 5.02 Å². The zero-order chi connectivity index (χ0) is 13.0. The number of carbonyl (C=O) groups excluding carboxylic acids is 1. The fourth-order valence-electron chi connectivity index (χ4n) is 2.30. The van der Waals surface area contributed by atoms with Crippen LogP contribution >= 0.6 is 11.6 Å². The minimum atomic E-state index is -0.465. The summed E-state index contributed by atoms with van der Waals surface area (Å²) in [5, 5.41) is 0.0629. The molecule has 1 aromatic rings. The molecule has 1 saturated carbocycles. The molecule has 0 unspecified atom stereocenters. The molecular formula is C15H16ClFO. The fourth-order valence-corrected chi connectivity index (χ4v) is 2.49. The molecule has 1 aliphatic carbocycles. The standard InChI is InChI=1S/C15H16ClFO/c16-15-12(7-4-8-14(15)17)10-13(18)9-11-5-2-1-3-6-11/h4,7-9H,1-3,5-6,10H2. The van der Waals surface area contributed by atoms with E-state index < -0.39 is 5.82 Å².